The second-order valence-electron chi connectivity index (χ2n) is 6.19. The quantitative estimate of drug-likeness (QED) is 0.147. The molecule has 8 heteroatoms. The third-order valence-electron chi connectivity index (χ3n) is 4.38. The molecule has 3 rings (SSSR count). The minimum Gasteiger partial charge on any atom is -0.507 e. The van der Waals surface area contributed by atoms with Crippen molar-refractivity contribution in [2.45, 2.75) is 6.42 Å². The summed E-state index contributed by atoms with van der Waals surface area (Å²) < 4.78 is 0. The number of hydrogen-bond donors (Lipinski definition) is 1. The maximum absolute atomic E-state index is 12.3. The normalized spacial score (nSPS) is 13.1. The molecule has 0 saturated carbocycles. The second kappa shape index (κ2) is 8.24. The number of allylic oxidation sites excluding steroid dienone is 1. The first-order chi connectivity index (χ1) is 13.9. The van der Waals surface area contributed by atoms with Crippen molar-refractivity contribution in [2.24, 2.45) is 0 Å². The van der Waals surface area contributed by atoms with Crippen molar-refractivity contribution in [3.05, 3.63) is 82.9 Å². The van der Waals surface area contributed by atoms with Gasteiger partial charge < -0.3 is 10.6 Å². The number of fused-ring (bicyclic) bond motifs is 1. The molecule has 144 valence electrons. The molecule has 0 aliphatic carbocycles. The van der Waals surface area contributed by atoms with Gasteiger partial charge in [-0.25, -0.2) is 0 Å². The van der Waals surface area contributed by atoms with Gasteiger partial charge in [0.2, 0.25) is 5.78 Å². The number of carbonyl (C=O) groups excluding carboxylic acids is 4. The lowest BCUT2D eigenvalue weighted by atomic mass is 10.1. The van der Waals surface area contributed by atoms with Crippen LogP contribution in [0.4, 0.5) is 0 Å². The summed E-state index contributed by atoms with van der Waals surface area (Å²) in [5.74, 6) is -3.33. The Kier molecular flexibility index (Phi) is 5.57. The van der Waals surface area contributed by atoms with Gasteiger partial charge in [0.25, 0.3) is 17.6 Å². The number of imide groups is 1. The fourth-order valence-electron chi connectivity index (χ4n) is 2.90. The molecule has 1 heterocycles. The van der Waals surface area contributed by atoms with Crippen molar-refractivity contribution in [2.75, 3.05) is 6.54 Å². The zero-order chi connectivity index (χ0) is 21.0. The standard InChI is InChI=1S/C21H15N3O5/c22-23-19(18(27)12-17(26)13-6-2-1-3-7-13)16(25)10-11-24-20(28)14-8-4-5-9-15(14)21(24)29/h1-9,12,26H,10-11H2/b17-12-. The Hall–Kier alpha value is -4.16. The van der Waals surface area contributed by atoms with Gasteiger partial charge in [0.1, 0.15) is 5.76 Å². The predicted octanol–water partition coefficient (Wildman–Crippen LogP) is 2.08. The molecule has 0 radical (unpaired) electrons. The monoisotopic (exact) mass is 389 g/mol. The highest BCUT2D eigenvalue weighted by atomic mass is 16.3. The predicted molar refractivity (Wildman–Crippen MR) is 102 cm³/mol. The maximum atomic E-state index is 12.3. The van der Waals surface area contributed by atoms with Crippen LogP contribution in [0.15, 0.2) is 60.7 Å². The van der Waals surface area contributed by atoms with Crippen LogP contribution >= 0.6 is 0 Å². The number of carbonyl (C=O) groups is 4. The summed E-state index contributed by atoms with van der Waals surface area (Å²) >= 11 is 0. The Morgan fingerprint density at radius 1 is 0.966 bits per heavy atom. The van der Waals surface area contributed by atoms with Gasteiger partial charge in [-0.2, -0.15) is 4.79 Å². The van der Waals surface area contributed by atoms with Gasteiger partial charge in [0, 0.05) is 24.6 Å². The molecular formula is C21H15N3O5. The fourth-order valence-corrected chi connectivity index (χ4v) is 2.90. The van der Waals surface area contributed by atoms with E-state index in [0.29, 0.717) is 5.56 Å². The van der Waals surface area contributed by atoms with E-state index in [1.54, 1.807) is 42.5 Å². The van der Waals surface area contributed by atoms with Crippen LogP contribution in [0, 0.1) is 0 Å². The van der Waals surface area contributed by atoms with E-state index >= 15 is 0 Å². The zero-order valence-electron chi connectivity index (χ0n) is 15.1. The van der Waals surface area contributed by atoms with Crippen molar-refractivity contribution in [1.29, 1.82) is 0 Å². The Morgan fingerprint density at radius 3 is 2.07 bits per heavy atom. The van der Waals surface area contributed by atoms with Crippen molar-refractivity contribution < 1.29 is 29.1 Å². The first-order valence-corrected chi connectivity index (χ1v) is 8.65. The van der Waals surface area contributed by atoms with E-state index in [0.717, 1.165) is 11.0 Å². The van der Waals surface area contributed by atoms with Crippen molar-refractivity contribution >= 4 is 34.9 Å². The summed E-state index contributed by atoms with van der Waals surface area (Å²) in [7, 11) is 0. The van der Waals surface area contributed by atoms with Crippen LogP contribution in [0.2, 0.25) is 0 Å². The molecule has 29 heavy (non-hydrogen) atoms. The van der Waals surface area contributed by atoms with Crippen LogP contribution in [-0.2, 0) is 9.59 Å². The molecule has 0 atom stereocenters. The van der Waals surface area contributed by atoms with Crippen LogP contribution in [-0.4, -0.2) is 50.4 Å². The number of ketones is 2. The van der Waals surface area contributed by atoms with Gasteiger partial charge in [0.05, 0.1) is 11.1 Å². The number of rotatable bonds is 7. The lowest BCUT2D eigenvalue weighted by Crippen LogP contribution is -2.34. The average molecular weight is 389 g/mol. The van der Waals surface area contributed by atoms with Crippen LogP contribution in [0.25, 0.3) is 11.3 Å². The summed E-state index contributed by atoms with van der Waals surface area (Å²) in [6, 6.07) is 14.4. The highest BCUT2D eigenvalue weighted by molar-refractivity contribution is 6.66. The summed E-state index contributed by atoms with van der Waals surface area (Å²) in [6.07, 6.45) is 0.362. The Balaban J connectivity index is 1.68. The van der Waals surface area contributed by atoms with E-state index in [1.165, 1.54) is 12.1 Å². The minimum absolute atomic E-state index is 0.243. The van der Waals surface area contributed by atoms with Gasteiger partial charge >= 0.3 is 5.71 Å². The molecule has 0 spiro atoms. The number of nitrogens with zero attached hydrogens (tertiary/aromatic N) is 3. The van der Waals surface area contributed by atoms with Crippen LogP contribution in [0.3, 0.4) is 0 Å². The van der Waals surface area contributed by atoms with Crippen molar-refractivity contribution in [3.63, 3.8) is 0 Å². The molecule has 0 fully saturated rings. The number of benzene rings is 2. The molecule has 0 bridgehead atoms. The SMILES string of the molecule is [N-]=[N+]=C(C(=O)/C=C(\O)c1ccccc1)C(=O)CCN1C(=O)c2ccccc2C1=O. The number of Topliss-reactive ketones (excluding diaryl/α,β-unsaturated/α-hetero) is 1. The summed E-state index contributed by atoms with van der Waals surface area (Å²) in [5, 5.41) is 9.98. The van der Waals surface area contributed by atoms with E-state index in [1.807, 2.05) is 0 Å². The highest BCUT2D eigenvalue weighted by Crippen LogP contribution is 2.22. The van der Waals surface area contributed by atoms with Crippen LogP contribution in [0.5, 0.6) is 0 Å². The Bertz CT molecular complexity index is 1060. The summed E-state index contributed by atoms with van der Waals surface area (Å²) in [5.41, 5.74) is 9.11. The molecule has 0 aromatic heterocycles. The average Bonchev–Trinajstić information content (AvgIpc) is 2.98. The third-order valence-corrected chi connectivity index (χ3v) is 4.38. The highest BCUT2D eigenvalue weighted by Gasteiger charge is 2.36. The molecular weight excluding hydrogens is 374 g/mol. The van der Waals surface area contributed by atoms with Gasteiger partial charge in [-0.3, -0.25) is 24.1 Å². The Labute approximate surface area is 165 Å². The summed E-state index contributed by atoms with van der Waals surface area (Å²) in [4.78, 5) is 52.7. The molecule has 8 nitrogen and oxygen atoms in total. The topological polar surface area (TPSA) is 128 Å². The molecule has 1 N–H and O–H groups in total. The lowest BCUT2D eigenvalue weighted by molar-refractivity contribution is -0.122. The largest absolute Gasteiger partial charge is 0.507 e. The number of amides is 2. The van der Waals surface area contributed by atoms with Crippen molar-refractivity contribution in [3.8, 4) is 0 Å². The van der Waals surface area contributed by atoms with Gasteiger partial charge in [-0.1, -0.05) is 42.5 Å². The molecule has 2 aromatic carbocycles. The third kappa shape index (κ3) is 3.92. The van der Waals surface area contributed by atoms with Gasteiger partial charge in [0.15, 0.2) is 0 Å². The molecule has 0 saturated heterocycles. The molecule has 0 unspecified atom stereocenters. The Morgan fingerprint density at radius 2 is 1.52 bits per heavy atom. The van der Waals surface area contributed by atoms with Gasteiger partial charge in [-0.05, 0) is 12.1 Å². The number of hydrogen-bond acceptors (Lipinski definition) is 5. The zero-order valence-corrected chi connectivity index (χ0v) is 15.1. The minimum atomic E-state index is -0.999. The van der Waals surface area contributed by atoms with E-state index in [2.05, 4.69) is 4.79 Å². The first-order valence-electron chi connectivity index (χ1n) is 8.65. The first kappa shape index (κ1) is 19.6. The van der Waals surface area contributed by atoms with E-state index < -0.39 is 41.3 Å². The van der Waals surface area contributed by atoms with Gasteiger partial charge in [-0.15, -0.1) is 0 Å². The summed E-state index contributed by atoms with van der Waals surface area (Å²) in [6.45, 7) is -0.272. The van der Waals surface area contributed by atoms with Crippen LogP contribution < -0.4 is 0 Å². The van der Waals surface area contributed by atoms with Crippen LogP contribution in [0.1, 0.15) is 32.7 Å². The molecule has 2 aromatic rings. The van der Waals surface area contributed by atoms with E-state index in [-0.39, 0.29) is 17.7 Å². The van der Waals surface area contributed by atoms with E-state index in [4.69, 9.17) is 5.53 Å². The lowest BCUT2D eigenvalue weighted by Gasteiger charge is -2.11. The molecule has 2 amide bonds. The maximum Gasteiger partial charge on any atom is 0.404 e. The number of aliphatic hydroxyl groups excluding tert-OH is 1. The second-order valence-corrected chi connectivity index (χ2v) is 6.19. The van der Waals surface area contributed by atoms with E-state index in [9.17, 15) is 24.3 Å². The smallest absolute Gasteiger partial charge is 0.404 e. The fraction of sp³-hybridized carbons (Fsp3) is 0.0952. The molecule has 1 aliphatic heterocycles. The molecule has 1 aliphatic rings. The number of aliphatic hydroxyl groups is 1. The van der Waals surface area contributed by atoms with Crippen molar-refractivity contribution in [1.82, 2.24) is 4.90 Å².